The van der Waals surface area contributed by atoms with Gasteiger partial charge in [-0.15, -0.1) is 11.3 Å². The summed E-state index contributed by atoms with van der Waals surface area (Å²) in [4.78, 5) is 21.2. The van der Waals surface area contributed by atoms with Crippen molar-refractivity contribution in [3.05, 3.63) is 11.6 Å². The number of carbonyl (C=O) groups is 1. The van der Waals surface area contributed by atoms with E-state index in [2.05, 4.69) is 27.1 Å². The van der Waals surface area contributed by atoms with Crippen LogP contribution in [0.4, 0.5) is 5.13 Å². The van der Waals surface area contributed by atoms with Crippen LogP contribution in [0.1, 0.15) is 32.1 Å². The normalized spacial score (nSPS) is 27.9. The van der Waals surface area contributed by atoms with Gasteiger partial charge in [-0.2, -0.15) is 0 Å². The van der Waals surface area contributed by atoms with E-state index in [1.54, 1.807) is 6.20 Å². The van der Waals surface area contributed by atoms with Crippen molar-refractivity contribution in [1.82, 2.24) is 14.8 Å². The summed E-state index contributed by atoms with van der Waals surface area (Å²) in [6.07, 6.45) is 7.96. The molecule has 0 spiro atoms. The average Bonchev–Trinajstić information content (AvgIpc) is 2.89. The average molecular weight is 308 g/mol. The Balaban J connectivity index is 1.62. The predicted octanol–water partition coefficient (Wildman–Crippen LogP) is 2.03. The molecule has 3 heterocycles. The Morgan fingerprint density at radius 2 is 2.19 bits per heavy atom. The minimum Gasteiger partial charge on any atom is -0.302 e. The summed E-state index contributed by atoms with van der Waals surface area (Å²) in [7, 11) is 2.24. The highest BCUT2D eigenvalue weighted by atomic mass is 32.1. The van der Waals surface area contributed by atoms with Crippen molar-refractivity contribution >= 4 is 22.4 Å². The van der Waals surface area contributed by atoms with Crippen molar-refractivity contribution in [2.24, 2.45) is 0 Å². The SMILES string of the molecule is CN1CCCC[C@@H]2[C@H]1CCCN2CC(=O)Nc1nccs1. The number of likely N-dealkylation sites (tertiary alicyclic amines) is 2. The first-order valence-corrected chi connectivity index (χ1v) is 8.75. The second-order valence-electron chi connectivity index (χ2n) is 6.11. The molecule has 2 fully saturated rings. The quantitative estimate of drug-likeness (QED) is 0.928. The highest BCUT2D eigenvalue weighted by Crippen LogP contribution is 2.28. The Morgan fingerprint density at radius 1 is 1.33 bits per heavy atom. The molecule has 2 saturated heterocycles. The van der Waals surface area contributed by atoms with E-state index in [1.807, 2.05) is 5.38 Å². The third-order valence-corrected chi connectivity index (χ3v) is 5.40. The zero-order chi connectivity index (χ0) is 14.7. The maximum Gasteiger partial charge on any atom is 0.240 e. The van der Waals surface area contributed by atoms with Gasteiger partial charge in [0.05, 0.1) is 6.54 Å². The standard InChI is InChI=1S/C15H24N4OS/c1-18-8-3-2-5-13-12(18)6-4-9-19(13)11-14(20)17-15-16-7-10-21-15/h7,10,12-13H,2-6,8-9,11H2,1H3,(H,16,17,20)/t12-,13-/m1/s1. The zero-order valence-electron chi connectivity index (χ0n) is 12.6. The van der Waals surface area contributed by atoms with E-state index in [-0.39, 0.29) is 5.91 Å². The summed E-state index contributed by atoms with van der Waals surface area (Å²) in [5.74, 6) is 0.0671. The lowest BCUT2D eigenvalue weighted by molar-refractivity contribution is -0.118. The Kier molecular flexibility index (Phi) is 4.87. The van der Waals surface area contributed by atoms with Crippen LogP contribution < -0.4 is 5.32 Å². The number of thiazole rings is 1. The summed E-state index contributed by atoms with van der Waals surface area (Å²) in [5.41, 5.74) is 0. The van der Waals surface area contributed by atoms with Crippen LogP contribution in [0.2, 0.25) is 0 Å². The fourth-order valence-corrected chi connectivity index (χ4v) is 4.24. The van der Waals surface area contributed by atoms with Gasteiger partial charge in [0.15, 0.2) is 5.13 Å². The first-order chi connectivity index (χ1) is 10.2. The van der Waals surface area contributed by atoms with Gasteiger partial charge in [0.2, 0.25) is 5.91 Å². The Hall–Kier alpha value is -0.980. The van der Waals surface area contributed by atoms with Crippen LogP contribution in [0.5, 0.6) is 0 Å². The summed E-state index contributed by atoms with van der Waals surface area (Å²) in [5, 5.41) is 5.49. The number of hydrogen-bond acceptors (Lipinski definition) is 5. The molecule has 21 heavy (non-hydrogen) atoms. The molecule has 2 atom stereocenters. The topological polar surface area (TPSA) is 48.5 Å². The van der Waals surface area contributed by atoms with E-state index in [4.69, 9.17) is 0 Å². The molecule has 0 saturated carbocycles. The number of nitrogens with one attached hydrogen (secondary N) is 1. The van der Waals surface area contributed by atoms with Gasteiger partial charge < -0.3 is 10.2 Å². The first-order valence-electron chi connectivity index (χ1n) is 7.87. The molecule has 1 aromatic heterocycles. The molecule has 116 valence electrons. The number of nitrogens with zero attached hydrogens (tertiary/aromatic N) is 3. The van der Waals surface area contributed by atoms with Gasteiger partial charge in [-0.1, -0.05) is 6.42 Å². The van der Waals surface area contributed by atoms with Crippen molar-refractivity contribution in [3.8, 4) is 0 Å². The molecular weight excluding hydrogens is 284 g/mol. The Labute approximate surface area is 130 Å². The molecule has 0 aromatic carbocycles. The molecule has 5 nitrogen and oxygen atoms in total. The molecule has 2 aliphatic rings. The molecule has 1 amide bonds. The summed E-state index contributed by atoms with van der Waals surface area (Å²) < 4.78 is 0. The first kappa shape index (κ1) is 14.9. The van der Waals surface area contributed by atoms with Gasteiger partial charge >= 0.3 is 0 Å². The number of likely N-dealkylation sites (N-methyl/N-ethyl adjacent to an activating group) is 1. The second-order valence-corrected chi connectivity index (χ2v) is 7.00. The van der Waals surface area contributed by atoms with Crippen LogP contribution in [-0.4, -0.2) is 59.5 Å². The van der Waals surface area contributed by atoms with Crippen LogP contribution in [0.25, 0.3) is 0 Å². The zero-order valence-corrected chi connectivity index (χ0v) is 13.4. The molecule has 0 radical (unpaired) electrons. The van der Waals surface area contributed by atoms with Crippen LogP contribution in [-0.2, 0) is 4.79 Å². The van der Waals surface area contributed by atoms with E-state index in [0.29, 0.717) is 23.8 Å². The van der Waals surface area contributed by atoms with Crippen molar-refractivity contribution in [3.63, 3.8) is 0 Å². The largest absolute Gasteiger partial charge is 0.302 e. The van der Waals surface area contributed by atoms with E-state index in [1.165, 1.54) is 50.0 Å². The highest BCUT2D eigenvalue weighted by molar-refractivity contribution is 7.13. The smallest absolute Gasteiger partial charge is 0.240 e. The van der Waals surface area contributed by atoms with Gasteiger partial charge in [0.25, 0.3) is 0 Å². The van der Waals surface area contributed by atoms with Crippen LogP contribution in [0, 0.1) is 0 Å². The van der Waals surface area contributed by atoms with Gasteiger partial charge in [-0.3, -0.25) is 9.69 Å². The van der Waals surface area contributed by atoms with E-state index >= 15 is 0 Å². The number of anilines is 1. The van der Waals surface area contributed by atoms with E-state index in [9.17, 15) is 4.79 Å². The number of aromatic nitrogens is 1. The lowest BCUT2D eigenvalue weighted by Crippen LogP contribution is -2.55. The Bertz CT molecular complexity index is 464. The molecular formula is C15H24N4OS. The van der Waals surface area contributed by atoms with Crippen molar-refractivity contribution in [1.29, 1.82) is 0 Å². The lowest BCUT2D eigenvalue weighted by atomic mass is 9.92. The van der Waals surface area contributed by atoms with Gasteiger partial charge in [0, 0.05) is 23.7 Å². The summed E-state index contributed by atoms with van der Waals surface area (Å²) >= 11 is 1.47. The molecule has 1 aromatic rings. The maximum absolute atomic E-state index is 12.2. The molecule has 0 aliphatic carbocycles. The minimum absolute atomic E-state index is 0.0671. The van der Waals surface area contributed by atoms with Crippen LogP contribution >= 0.6 is 11.3 Å². The van der Waals surface area contributed by atoms with E-state index in [0.717, 1.165) is 6.54 Å². The van der Waals surface area contributed by atoms with Crippen molar-refractivity contribution in [2.45, 2.75) is 44.2 Å². The maximum atomic E-state index is 12.2. The predicted molar refractivity (Wildman–Crippen MR) is 85.6 cm³/mol. The number of rotatable bonds is 3. The number of fused-ring (bicyclic) bond motifs is 1. The van der Waals surface area contributed by atoms with Crippen molar-refractivity contribution in [2.75, 3.05) is 32.0 Å². The number of amides is 1. The second kappa shape index (κ2) is 6.85. The molecule has 0 unspecified atom stereocenters. The molecule has 2 aliphatic heterocycles. The summed E-state index contributed by atoms with van der Waals surface area (Å²) in [6, 6.07) is 1.15. The van der Waals surface area contributed by atoms with E-state index < -0.39 is 0 Å². The van der Waals surface area contributed by atoms with Gasteiger partial charge in [-0.05, 0) is 45.8 Å². The highest BCUT2D eigenvalue weighted by Gasteiger charge is 2.35. The number of piperidine rings is 1. The summed E-state index contributed by atoms with van der Waals surface area (Å²) in [6.45, 7) is 2.73. The van der Waals surface area contributed by atoms with Crippen molar-refractivity contribution < 1.29 is 4.79 Å². The fourth-order valence-electron chi connectivity index (χ4n) is 3.70. The molecule has 3 rings (SSSR count). The van der Waals surface area contributed by atoms with Crippen LogP contribution in [0.3, 0.4) is 0 Å². The minimum atomic E-state index is 0.0671. The third kappa shape index (κ3) is 3.62. The third-order valence-electron chi connectivity index (χ3n) is 4.71. The monoisotopic (exact) mass is 308 g/mol. The van der Waals surface area contributed by atoms with Gasteiger partial charge in [0.1, 0.15) is 0 Å². The molecule has 1 N–H and O–H groups in total. The fraction of sp³-hybridized carbons (Fsp3) is 0.733. The van der Waals surface area contributed by atoms with Gasteiger partial charge in [-0.25, -0.2) is 4.98 Å². The lowest BCUT2D eigenvalue weighted by Gasteiger charge is -2.43. The van der Waals surface area contributed by atoms with Crippen LogP contribution in [0.15, 0.2) is 11.6 Å². The number of hydrogen-bond donors (Lipinski definition) is 1. The number of carbonyl (C=O) groups excluding carboxylic acids is 1. The Morgan fingerprint density at radius 3 is 3.00 bits per heavy atom. The molecule has 6 heteroatoms. The molecule has 0 bridgehead atoms.